The summed E-state index contributed by atoms with van der Waals surface area (Å²) in [5, 5.41) is 5.86. The smallest absolute Gasteiger partial charge is 0.244 e. The van der Waals surface area contributed by atoms with Gasteiger partial charge in [0.15, 0.2) is 0 Å². The van der Waals surface area contributed by atoms with Gasteiger partial charge in [0.2, 0.25) is 5.91 Å². The highest BCUT2D eigenvalue weighted by Crippen LogP contribution is 2.28. The van der Waals surface area contributed by atoms with Crippen LogP contribution >= 0.6 is 0 Å². The van der Waals surface area contributed by atoms with E-state index in [0.717, 1.165) is 18.7 Å². The molecule has 1 unspecified atom stereocenters. The summed E-state index contributed by atoms with van der Waals surface area (Å²) < 4.78 is 0. The second-order valence-electron chi connectivity index (χ2n) is 5.80. The topological polar surface area (TPSA) is 32.3 Å². The first-order valence-electron chi connectivity index (χ1n) is 7.37. The highest BCUT2D eigenvalue weighted by molar-refractivity contribution is 6.01. The van der Waals surface area contributed by atoms with Crippen LogP contribution in [0.1, 0.15) is 19.3 Å². The van der Waals surface area contributed by atoms with Gasteiger partial charge in [-0.2, -0.15) is 0 Å². The highest BCUT2D eigenvalue weighted by atomic mass is 16.2. The molecule has 1 amide bonds. The molecule has 1 heterocycles. The predicted octanol–water partition coefficient (Wildman–Crippen LogP) is 2.70. The Kier molecular flexibility index (Phi) is 2.74. The molecule has 1 N–H and O–H groups in total. The molecule has 20 heavy (non-hydrogen) atoms. The van der Waals surface area contributed by atoms with Crippen molar-refractivity contribution in [2.75, 3.05) is 11.4 Å². The first-order valence-corrected chi connectivity index (χ1v) is 7.37. The van der Waals surface area contributed by atoms with E-state index in [-0.39, 0.29) is 11.9 Å². The Bertz CT molecular complexity index is 663. The fraction of sp³-hybridized carbons (Fsp3) is 0.353. The number of amides is 1. The minimum absolute atomic E-state index is 0.0222. The largest absolute Gasteiger partial charge is 0.311 e. The molecule has 2 fully saturated rings. The van der Waals surface area contributed by atoms with E-state index < -0.39 is 0 Å². The number of anilines is 1. The number of hydrogen-bond acceptors (Lipinski definition) is 2. The summed E-state index contributed by atoms with van der Waals surface area (Å²) in [4.78, 5) is 14.4. The van der Waals surface area contributed by atoms with E-state index in [1.165, 1.54) is 23.6 Å². The highest BCUT2D eigenvalue weighted by Gasteiger charge is 2.36. The number of benzene rings is 2. The van der Waals surface area contributed by atoms with E-state index in [2.05, 4.69) is 35.6 Å². The summed E-state index contributed by atoms with van der Waals surface area (Å²) in [6, 6.07) is 15.1. The van der Waals surface area contributed by atoms with Gasteiger partial charge in [-0.15, -0.1) is 0 Å². The quantitative estimate of drug-likeness (QED) is 0.926. The Hall–Kier alpha value is -1.87. The predicted molar refractivity (Wildman–Crippen MR) is 80.9 cm³/mol. The number of carbonyl (C=O) groups is 1. The Morgan fingerprint density at radius 3 is 2.60 bits per heavy atom. The van der Waals surface area contributed by atoms with Crippen molar-refractivity contribution in [1.82, 2.24) is 5.32 Å². The molecule has 102 valence electrons. The number of fused-ring (bicyclic) bond motifs is 1. The molecule has 3 heteroatoms. The monoisotopic (exact) mass is 266 g/mol. The standard InChI is InChI=1S/C17H18N2O/c20-17-16(18-14-6-7-14)9-10-19(17)15-8-5-12-3-1-2-4-13(12)11-15/h1-5,8,11,14,16,18H,6-7,9-10H2. The number of hydrogen-bond donors (Lipinski definition) is 1. The van der Waals surface area contributed by atoms with E-state index in [1.54, 1.807) is 0 Å². The molecule has 2 aliphatic rings. The summed E-state index contributed by atoms with van der Waals surface area (Å²) >= 11 is 0. The Morgan fingerprint density at radius 2 is 1.80 bits per heavy atom. The first-order chi connectivity index (χ1) is 9.81. The molecule has 0 bridgehead atoms. The minimum Gasteiger partial charge on any atom is -0.311 e. The van der Waals surface area contributed by atoms with Crippen molar-refractivity contribution in [2.24, 2.45) is 0 Å². The number of nitrogens with zero attached hydrogens (tertiary/aromatic N) is 1. The molecule has 0 radical (unpaired) electrons. The zero-order valence-corrected chi connectivity index (χ0v) is 11.4. The van der Waals surface area contributed by atoms with Gasteiger partial charge < -0.3 is 10.2 Å². The number of nitrogens with one attached hydrogen (secondary N) is 1. The zero-order valence-electron chi connectivity index (χ0n) is 11.4. The minimum atomic E-state index is 0.0222. The van der Waals surface area contributed by atoms with Crippen molar-refractivity contribution in [3.05, 3.63) is 42.5 Å². The van der Waals surface area contributed by atoms with Gasteiger partial charge >= 0.3 is 0 Å². The van der Waals surface area contributed by atoms with Crippen LogP contribution in [0, 0.1) is 0 Å². The van der Waals surface area contributed by atoms with Gasteiger partial charge in [-0.3, -0.25) is 4.79 Å². The molecule has 1 atom stereocenters. The molecule has 1 aliphatic carbocycles. The SMILES string of the molecule is O=C1C(NC2CC2)CCN1c1ccc2ccccc2c1. The average Bonchev–Trinajstić information content (AvgIpc) is 3.23. The Labute approximate surface area is 118 Å². The van der Waals surface area contributed by atoms with Crippen LogP contribution in [0.25, 0.3) is 10.8 Å². The van der Waals surface area contributed by atoms with Crippen LogP contribution in [0.5, 0.6) is 0 Å². The van der Waals surface area contributed by atoms with Crippen molar-refractivity contribution in [2.45, 2.75) is 31.3 Å². The maximum Gasteiger partial charge on any atom is 0.244 e. The molecule has 1 saturated heterocycles. The molecule has 0 aromatic heterocycles. The van der Waals surface area contributed by atoms with Gasteiger partial charge in [0.1, 0.15) is 0 Å². The van der Waals surface area contributed by atoms with Crippen LogP contribution in [0.2, 0.25) is 0 Å². The van der Waals surface area contributed by atoms with Crippen LogP contribution in [-0.4, -0.2) is 24.5 Å². The normalized spacial score (nSPS) is 22.7. The lowest BCUT2D eigenvalue weighted by atomic mass is 10.1. The van der Waals surface area contributed by atoms with Crippen LogP contribution in [0.4, 0.5) is 5.69 Å². The lowest BCUT2D eigenvalue weighted by Crippen LogP contribution is -2.39. The van der Waals surface area contributed by atoms with Crippen molar-refractivity contribution < 1.29 is 4.79 Å². The lowest BCUT2D eigenvalue weighted by Gasteiger charge is -2.18. The molecule has 2 aromatic carbocycles. The van der Waals surface area contributed by atoms with Gasteiger partial charge in [0, 0.05) is 18.3 Å². The number of carbonyl (C=O) groups excluding carboxylic acids is 1. The first kappa shape index (κ1) is 11.9. The van der Waals surface area contributed by atoms with E-state index in [0.29, 0.717) is 6.04 Å². The third kappa shape index (κ3) is 2.08. The van der Waals surface area contributed by atoms with Gasteiger partial charge in [-0.25, -0.2) is 0 Å². The summed E-state index contributed by atoms with van der Waals surface area (Å²) in [6.45, 7) is 0.821. The zero-order chi connectivity index (χ0) is 13.5. The Morgan fingerprint density at radius 1 is 1.00 bits per heavy atom. The molecular weight excluding hydrogens is 248 g/mol. The Balaban J connectivity index is 1.60. The van der Waals surface area contributed by atoms with Gasteiger partial charge in [-0.05, 0) is 42.2 Å². The van der Waals surface area contributed by atoms with E-state index >= 15 is 0 Å². The van der Waals surface area contributed by atoms with Gasteiger partial charge in [-0.1, -0.05) is 30.3 Å². The summed E-state index contributed by atoms with van der Waals surface area (Å²) in [5.74, 6) is 0.229. The van der Waals surface area contributed by atoms with E-state index in [9.17, 15) is 4.79 Å². The van der Waals surface area contributed by atoms with Crippen molar-refractivity contribution in [3.63, 3.8) is 0 Å². The maximum atomic E-state index is 12.5. The van der Waals surface area contributed by atoms with E-state index in [4.69, 9.17) is 0 Å². The van der Waals surface area contributed by atoms with Crippen molar-refractivity contribution in [1.29, 1.82) is 0 Å². The summed E-state index contributed by atoms with van der Waals surface area (Å²) in [6.07, 6.45) is 3.36. The van der Waals surface area contributed by atoms with Crippen LogP contribution < -0.4 is 10.2 Å². The fourth-order valence-corrected chi connectivity index (χ4v) is 2.97. The summed E-state index contributed by atoms with van der Waals surface area (Å²) in [7, 11) is 0. The van der Waals surface area contributed by atoms with Crippen molar-refractivity contribution >= 4 is 22.4 Å². The third-order valence-electron chi connectivity index (χ3n) is 4.26. The molecule has 4 rings (SSSR count). The molecular formula is C17H18N2O. The van der Waals surface area contributed by atoms with Crippen molar-refractivity contribution in [3.8, 4) is 0 Å². The van der Waals surface area contributed by atoms with Crippen LogP contribution in [-0.2, 0) is 4.79 Å². The second-order valence-corrected chi connectivity index (χ2v) is 5.80. The molecule has 0 spiro atoms. The molecule has 1 aliphatic heterocycles. The second kappa shape index (κ2) is 4.60. The van der Waals surface area contributed by atoms with Gasteiger partial charge in [0.25, 0.3) is 0 Å². The lowest BCUT2D eigenvalue weighted by molar-refractivity contribution is -0.118. The molecule has 3 nitrogen and oxygen atoms in total. The molecule has 2 aromatic rings. The van der Waals surface area contributed by atoms with Crippen LogP contribution in [0.15, 0.2) is 42.5 Å². The van der Waals surface area contributed by atoms with Gasteiger partial charge in [0.05, 0.1) is 6.04 Å². The molecule has 1 saturated carbocycles. The summed E-state index contributed by atoms with van der Waals surface area (Å²) in [5.41, 5.74) is 1.02. The van der Waals surface area contributed by atoms with E-state index in [1.807, 2.05) is 17.0 Å². The van der Waals surface area contributed by atoms with Crippen LogP contribution in [0.3, 0.4) is 0 Å². The number of rotatable bonds is 3. The third-order valence-corrected chi connectivity index (χ3v) is 4.26. The average molecular weight is 266 g/mol. The maximum absolute atomic E-state index is 12.5. The fourth-order valence-electron chi connectivity index (χ4n) is 2.97.